The molecule has 2 aromatic rings. The predicted octanol–water partition coefficient (Wildman–Crippen LogP) is 3.13. The highest BCUT2D eigenvalue weighted by Gasteiger charge is 2.23. The normalized spacial score (nSPS) is 13.9. The summed E-state index contributed by atoms with van der Waals surface area (Å²) in [7, 11) is -0.843. The van der Waals surface area contributed by atoms with Crippen molar-refractivity contribution in [3.8, 4) is 5.75 Å². The van der Waals surface area contributed by atoms with Crippen molar-refractivity contribution in [3.05, 3.63) is 47.0 Å². The summed E-state index contributed by atoms with van der Waals surface area (Å²) < 4.78 is 33.0. The number of anilines is 2. The molecule has 0 saturated heterocycles. The molecule has 9 heteroatoms. The molecule has 25 heavy (non-hydrogen) atoms. The van der Waals surface area contributed by atoms with Crippen LogP contribution in [0.5, 0.6) is 5.75 Å². The van der Waals surface area contributed by atoms with E-state index in [1.807, 2.05) is 0 Å². The summed E-state index contributed by atoms with van der Waals surface area (Å²) in [6, 6.07) is 9.09. The Balaban J connectivity index is 1.93. The standard InChI is InChI=1S/C16H16ClN3O4S/c1-20-9-10-7-12(4-5-13(10)18-16(20)21)19-25(22,23)15-8-11(17)3-6-14(15)24-2/h3-8,19H,9H2,1-2H3,(H,18,21). The van der Waals surface area contributed by atoms with Gasteiger partial charge in [0.05, 0.1) is 7.11 Å². The Morgan fingerprint density at radius 2 is 2.00 bits per heavy atom. The number of urea groups is 1. The maximum absolute atomic E-state index is 12.7. The average Bonchev–Trinajstić information content (AvgIpc) is 2.56. The summed E-state index contributed by atoms with van der Waals surface area (Å²) in [5.41, 5.74) is 1.84. The molecule has 1 aliphatic heterocycles. The number of fused-ring (bicyclic) bond motifs is 1. The van der Waals surface area contributed by atoms with Crippen LogP contribution in [-0.2, 0) is 16.6 Å². The van der Waals surface area contributed by atoms with Gasteiger partial charge in [-0.15, -0.1) is 0 Å². The number of rotatable bonds is 4. The monoisotopic (exact) mass is 381 g/mol. The predicted molar refractivity (Wildman–Crippen MR) is 95.7 cm³/mol. The fourth-order valence-corrected chi connectivity index (χ4v) is 4.00. The number of methoxy groups -OCH3 is 1. The van der Waals surface area contributed by atoms with Crippen LogP contribution in [0.3, 0.4) is 0 Å². The van der Waals surface area contributed by atoms with E-state index < -0.39 is 10.0 Å². The van der Waals surface area contributed by atoms with E-state index in [1.54, 1.807) is 31.3 Å². The molecule has 0 radical (unpaired) electrons. The maximum atomic E-state index is 12.7. The third kappa shape index (κ3) is 3.49. The number of amides is 2. The molecule has 2 amide bonds. The van der Waals surface area contributed by atoms with Crippen LogP contribution in [0, 0.1) is 0 Å². The molecule has 0 aliphatic carbocycles. The molecule has 0 unspecified atom stereocenters. The van der Waals surface area contributed by atoms with E-state index in [-0.39, 0.29) is 21.7 Å². The average molecular weight is 382 g/mol. The van der Waals surface area contributed by atoms with Gasteiger partial charge in [0, 0.05) is 30.0 Å². The minimum absolute atomic E-state index is 0.0503. The number of hydrogen-bond donors (Lipinski definition) is 2. The topological polar surface area (TPSA) is 87.7 Å². The minimum Gasteiger partial charge on any atom is -0.495 e. The van der Waals surface area contributed by atoms with Crippen LogP contribution in [0.4, 0.5) is 16.2 Å². The van der Waals surface area contributed by atoms with E-state index >= 15 is 0 Å². The third-order valence-electron chi connectivity index (χ3n) is 3.77. The summed E-state index contributed by atoms with van der Waals surface area (Å²) in [6.45, 7) is 0.386. The Bertz CT molecular complexity index is 946. The van der Waals surface area contributed by atoms with Crippen LogP contribution in [0.15, 0.2) is 41.3 Å². The van der Waals surface area contributed by atoms with Crippen molar-refractivity contribution in [2.45, 2.75) is 11.4 Å². The van der Waals surface area contributed by atoms with Gasteiger partial charge in [0.1, 0.15) is 10.6 Å². The second-order valence-electron chi connectivity index (χ2n) is 5.56. The van der Waals surface area contributed by atoms with Gasteiger partial charge in [0.15, 0.2) is 0 Å². The lowest BCUT2D eigenvalue weighted by atomic mass is 10.1. The second-order valence-corrected chi connectivity index (χ2v) is 7.65. The van der Waals surface area contributed by atoms with Gasteiger partial charge >= 0.3 is 6.03 Å². The number of halogens is 1. The zero-order valence-corrected chi connectivity index (χ0v) is 15.1. The Hall–Kier alpha value is -2.45. The number of nitrogens with zero attached hydrogens (tertiary/aromatic N) is 1. The summed E-state index contributed by atoms with van der Waals surface area (Å²) in [6.07, 6.45) is 0. The van der Waals surface area contributed by atoms with Crippen LogP contribution in [0.2, 0.25) is 5.02 Å². The number of carbonyl (C=O) groups excluding carboxylic acids is 1. The first-order valence-corrected chi connectivity index (χ1v) is 9.17. The first kappa shape index (κ1) is 17.4. The van der Waals surface area contributed by atoms with Crippen LogP contribution in [0.25, 0.3) is 0 Å². The van der Waals surface area contributed by atoms with E-state index in [1.165, 1.54) is 24.1 Å². The Morgan fingerprint density at radius 1 is 1.24 bits per heavy atom. The Labute approximate surface area is 150 Å². The van der Waals surface area contributed by atoms with Crippen molar-refractivity contribution < 1.29 is 17.9 Å². The quantitative estimate of drug-likeness (QED) is 0.851. The van der Waals surface area contributed by atoms with Crippen molar-refractivity contribution in [1.29, 1.82) is 0 Å². The molecule has 1 aliphatic rings. The van der Waals surface area contributed by atoms with Gasteiger partial charge in [0.25, 0.3) is 10.0 Å². The first-order valence-electron chi connectivity index (χ1n) is 7.31. The molecule has 0 spiro atoms. The van der Waals surface area contributed by atoms with Crippen LogP contribution in [0.1, 0.15) is 5.56 Å². The van der Waals surface area contributed by atoms with E-state index in [0.717, 1.165) is 5.56 Å². The zero-order valence-electron chi connectivity index (χ0n) is 13.5. The number of benzene rings is 2. The van der Waals surface area contributed by atoms with Gasteiger partial charge in [-0.05, 0) is 42.0 Å². The van der Waals surface area contributed by atoms with Gasteiger partial charge in [-0.2, -0.15) is 0 Å². The van der Waals surface area contributed by atoms with Gasteiger partial charge < -0.3 is 15.0 Å². The third-order valence-corrected chi connectivity index (χ3v) is 5.41. The van der Waals surface area contributed by atoms with E-state index in [0.29, 0.717) is 17.9 Å². The highest BCUT2D eigenvalue weighted by Crippen LogP contribution is 2.30. The number of nitrogens with one attached hydrogen (secondary N) is 2. The van der Waals surface area contributed by atoms with Crippen LogP contribution >= 0.6 is 11.6 Å². The SMILES string of the molecule is COc1ccc(Cl)cc1S(=O)(=O)Nc1ccc2c(c1)CN(C)C(=O)N2. The minimum atomic E-state index is -3.89. The van der Waals surface area contributed by atoms with E-state index in [4.69, 9.17) is 16.3 Å². The van der Waals surface area contributed by atoms with Crippen molar-refractivity contribution >= 4 is 39.0 Å². The largest absolute Gasteiger partial charge is 0.495 e. The van der Waals surface area contributed by atoms with Crippen LogP contribution < -0.4 is 14.8 Å². The highest BCUT2D eigenvalue weighted by atomic mass is 35.5. The highest BCUT2D eigenvalue weighted by molar-refractivity contribution is 7.92. The van der Waals surface area contributed by atoms with Crippen molar-refractivity contribution in [2.75, 3.05) is 24.2 Å². The van der Waals surface area contributed by atoms with Gasteiger partial charge in [-0.3, -0.25) is 4.72 Å². The number of hydrogen-bond acceptors (Lipinski definition) is 4. The van der Waals surface area contributed by atoms with Gasteiger partial charge in [-0.1, -0.05) is 11.6 Å². The summed E-state index contributed by atoms with van der Waals surface area (Å²) in [5, 5.41) is 3.02. The fraction of sp³-hybridized carbons (Fsp3) is 0.188. The molecule has 132 valence electrons. The lowest BCUT2D eigenvalue weighted by Gasteiger charge is -2.26. The van der Waals surface area contributed by atoms with Crippen LogP contribution in [-0.4, -0.2) is 33.5 Å². The maximum Gasteiger partial charge on any atom is 0.321 e. The molecule has 0 saturated carbocycles. The van der Waals surface area contributed by atoms with E-state index in [9.17, 15) is 13.2 Å². The summed E-state index contributed by atoms with van der Waals surface area (Å²) in [4.78, 5) is 13.1. The molecule has 0 fully saturated rings. The summed E-state index contributed by atoms with van der Waals surface area (Å²) >= 11 is 5.91. The lowest BCUT2D eigenvalue weighted by Crippen LogP contribution is -2.35. The Kier molecular flexibility index (Phi) is 4.49. The van der Waals surface area contributed by atoms with Crippen molar-refractivity contribution in [3.63, 3.8) is 0 Å². The molecule has 3 rings (SSSR count). The molecule has 0 bridgehead atoms. The lowest BCUT2D eigenvalue weighted by molar-refractivity contribution is 0.218. The second kappa shape index (κ2) is 6.45. The molecular formula is C16H16ClN3O4S. The number of carbonyl (C=O) groups is 1. The molecule has 1 heterocycles. The first-order chi connectivity index (χ1) is 11.8. The van der Waals surface area contributed by atoms with Gasteiger partial charge in [0.2, 0.25) is 0 Å². The Morgan fingerprint density at radius 3 is 2.72 bits per heavy atom. The molecule has 2 aromatic carbocycles. The van der Waals surface area contributed by atoms with Crippen molar-refractivity contribution in [1.82, 2.24) is 4.90 Å². The van der Waals surface area contributed by atoms with Crippen molar-refractivity contribution in [2.24, 2.45) is 0 Å². The molecule has 2 N–H and O–H groups in total. The smallest absolute Gasteiger partial charge is 0.321 e. The zero-order chi connectivity index (χ0) is 18.2. The number of ether oxygens (including phenoxy) is 1. The summed E-state index contributed by atoms with van der Waals surface area (Å²) in [5.74, 6) is 0.196. The molecule has 0 atom stereocenters. The van der Waals surface area contributed by atoms with E-state index in [2.05, 4.69) is 10.0 Å². The molecule has 7 nitrogen and oxygen atoms in total. The number of sulfonamides is 1. The molecular weight excluding hydrogens is 366 g/mol. The molecule has 0 aromatic heterocycles. The fourth-order valence-electron chi connectivity index (χ4n) is 2.52. The van der Waals surface area contributed by atoms with Gasteiger partial charge in [-0.25, -0.2) is 13.2 Å².